The maximum atomic E-state index is 12.3. The zero-order valence-electron chi connectivity index (χ0n) is 16.5. The van der Waals surface area contributed by atoms with Crippen LogP contribution in [0.25, 0.3) is 10.8 Å². The van der Waals surface area contributed by atoms with Gasteiger partial charge in [-0.25, -0.2) is 4.79 Å². The molecule has 2 aromatic carbocycles. The summed E-state index contributed by atoms with van der Waals surface area (Å²) in [5.41, 5.74) is 4.08. The molecule has 5 heteroatoms. The minimum atomic E-state index is -0.473. The number of nitrogens with zero attached hydrogens (tertiary/aromatic N) is 2. The van der Waals surface area contributed by atoms with Gasteiger partial charge in [-0.05, 0) is 62.6 Å². The number of fused-ring (bicyclic) bond motifs is 2. The molecular formula is C23H25N3O2. The zero-order chi connectivity index (χ0) is 19.7. The van der Waals surface area contributed by atoms with Gasteiger partial charge in [0.2, 0.25) is 0 Å². The lowest BCUT2D eigenvalue weighted by atomic mass is 9.99. The molecule has 0 aliphatic carbocycles. The zero-order valence-corrected chi connectivity index (χ0v) is 16.5. The van der Waals surface area contributed by atoms with Crippen LogP contribution < -0.4 is 5.32 Å². The Kier molecular flexibility index (Phi) is 4.67. The lowest BCUT2D eigenvalue weighted by molar-refractivity contribution is 0.0224. The Morgan fingerprint density at radius 1 is 1.14 bits per heavy atom. The van der Waals surface area contributed by atoms with Crippen molar-refractivity contribution in [2.45, 2.75) is 39.3 Å². The fourth-order valence-electron chi connectivity index (χ4n) is 3.50. The molecule has 0 unspecified atom stereocenters. The van der Waals surface area contributed by atoms with Crippen LogP contribution in [-0.4, -0.2) is 28.1 Å². The van der Waals surface area contributed by atoms with Gasteiger partial charge in [-0.15, -0.1) is 0 Å². The Labute approximate surface area is 165 Å². The minimum absolute atomic E-state index is 0.246. The first kappa shape index (κ1) is 18.3. The Balaban J connectivity index is 1.52. The van der Waals surface area contributed by atoms with Gasteiger partial charge in [0.1, 0.15) is 5.60 Å². The summed E-state index contributed by atoms with van der Waals surface area (Å²) in [5.74, 6) is 0. The number of carbonyl (C=O) groups is 1. The van der Waals surface area contributed by atoms with E-state index in [0.29, 0.717) is 13.1 Å². The van der Waals surface area contributed by atoms with E-state index >= 15 is 0 Å². The minimum Gasteiger partial charge on any atom is -0.444 e. The van der Waals surface area contributed by atoms with E-state index in [0.717, 1.165) is 28.6 Å². The Morgan fingerprint density at radius 2 is 2.00 bits per heavy atom. The van der Waals surface area contributed by atoms with Crippen LogP contribution in [0.15, 0.2) is 54.9 Å². The lowest BCUT2D eigenvalue weighted by Crippen LogP contribution is -2.39. The largest absolute Gasteiger partial charge is 0.444 e. The molecule has 144 valence electrons. The van der Waals surface area contributed by atoms with Gasteiger partial charge in [-0.2, -0.15) is 0 Å². The number of benzene rings is 2. The SMILES string of the molecule is CC(C)(C)OC(=O)N1CCc2cc(Nc3cccc4cnccc34)ccc2C1. The van der Waals surface area contributed by atoms with E-state index in [9.17, 15) is 4.79 Å². The topological polar surface area (TPSA) is 54.5 Å². The van der Waals surface area contributed by atoms with Crippen LogP contribution in [0.1, 0.15) is 31.9 Å². The van der Waals surface area contributed by atoms with Gasteiger partial charge < -0.3 is 15.0 Å². The second-order valence-corrected chi connectivity index (χ2v) is 8.16. The number of rotatable bonds is 2. The van der Waals surface area contributed by atoms with Crippen molar-refractivity contribution in [3.63, 3.8) is 0 Å². The molecule has 1 aromatic heterocycles. The average Bonchev–Trinajstić information content (AvgIpc) is 2.66. The molecule has 0 radical (unpaired) electrons. The first-order valence-electron chi connectivity index (χ1n) is 9.58. The van der Waals surface area contributed by atoms with Crippen molar-refractivity contribution in [2.75, 3.05) is 11.9 Å². The smallest absolute Gasteiger partial charge is 0.410 e. The van der Waals surface area contributed by atoms with E-state index in [4.69, 9.17) is 4.74 Å². The fourth-order valence-corrected chi connectivity index (χ4v) is 3.50. The number of nitrogens with one attached hydrogen (secondary N) is 1. The van der Waals surface area contributed by atoms with E-state index in [1.54, 1.807) is 4.90 Å². The van der Waals surface area contributed by atoms with Gasteiger partial charge in [0, 0.05) is 47.6 Å². The summed E-state index contributed by atoms with van der Waals surface area (Å²) >= 11 is 0. The van der Waals surface area contributed by atoms with Crippen LogP contribution in [0.2, 0.25) is 0 Å². The van der Waals surface area contributed by atoms with Crippen molar-refractivity contribution in [1.29, 1.82) is 0 Å². The molecule has 1 amide bonds. The van der Waals surface area contributed by atoms with Gasteiger partial charge >= 0.3 is 6.09 Å². The number of aromatic nitrogens is 1. The number of hydrogen-bond acceptors (Lipinski definition) is 4. The third-order valence-electron chi connectivity index (χ3n) is 4.83. The molecule has 4 rings (SSSR count). The Morgan fingerprint density at radius 3 is 2.82 bits per heavy atom. The highest BCUT2D eigenvalue weighted by Gasteiger charge is 2.25. The second kappa shape index (κ2) is 7.15. The molecule has 2 heterocycles. The van der Waals surface area contributed by atoms with Crippen molar-refractivity contribution in [3.05, 3.63) is 66.0 Å². The van der Waals surface area contributed by atoms with Gasteiger partial charge in [0.25, 0.3) is 0 Å². The van der Waals surface area contributed by atoms with Gasteiger partial charge in [0.05, 0.1) is 0 Å². The molecule has 0 atom stereocenters. The maximum absolute atomic E-state index is 12.3. The summed E-state index contributed by atoms with van der Waals surface area (Å²) < 4.78 is 5.51. The Hall–Kier alpha value is -3.08. The second-order valence-electron chi connectivity index (χ2n) is 8.16. The predicted molar refractivity (Wildman–Crippen MR) is 112 cm³/mol. The average molecular weight is 375 g/mol. The lowest BCUT2D eigenvalue weighted by Gasteiger charge is -2.31. The Bertz CT molecular complexity index is 1020. The van der Waals surface area contributed by atoms with Crippen molar-refractivity contribution < 1.29 is 9.53 Å². The van der Waals surface area contributed by atoms with E-state index < -0.39 is 5.60 Å². The predicted octanol–water partition coefficient (Wildman–Crippen LogP) is 5.27. The molecule has 0 saturated carbocycles. The first-order chi connectivity index (χ1) is 13.4. The highest BCUT2D eigenvalue weighted by atomic mass is 16.6. The van der Waals surface area contributed by atoms with E-state index in [2.05, 4.69) is 40.6 Å². The molecule has 3 aromatic rings. The van der Waals surface area contributed by atoms with E-state index in [1.807, 2.05) is 45.3 Å². The van der Waals surface area contributed by atoms with Crippen LogP contribution in [-0.2, 0) is 17.7 Å². The number of pyridine rings is 1. The first-order valence-corrected chi connectivity index (χ1v) is 9.58. The van der Waals surface area contributed by atoms with Crippen molar-refractivity contribution >= 4 is 28.2 Å². The molecule has 5 nitrogen and oxygen atoms in total. The summed E-state index contributed by atoms with van der Waals surface area (Å²) in [4.78, 5) is 18.3. The monoisotopic (exact) mass is 375 g/mol. The van der Waals surface area contributed by atoms with Gasteiger partial charge in [-0.1, -0.05) is 18.2 Å². The third-order valence-corrected chi connectivity index (χ3v) is 4.83. The molecule has 0 bridgehead atoms. The number of hydrogen-bond donors (Lipinski definition) is 1. The molecule has 0 saturated heterocycles. The fraction of sp³-hybridized carbons (Fsp3) is 0.304. The summed E-state index contributed by atoms with van der Waals surface area (Å²) in [5, 5.41) is 5.78. The summed E-state index contributed by atoms with van der Waals surface area (Å²) in [6, 6.07) is 14.5. The summed E-state index contributed by atoms with van der Waals surface area (Å²) in [6.45, 7) is 6.94. The third kappa shape index (κ3) is 3.93. The summed E-state index contributed by atoms with van der Waals surface area (Å²) in [6.07, 6.45) is 4.26. The van der Waals surface area contributed by atoms with Crippen molar-refractivity contribution in [2.24, 2.45) is 0 Å². The van der Waals surface area contributed by atoms with Crippen LogP contribution in [0.5, 0.6) is 0 Å². The van der Waals surface area contributed by atoms with Gasteiger partial charge in [0.15, 0.2) is 0 Å². The number of ether oxygens (including phenoxy) is 1. The molecule has 1 aliphatic rings. The normalized spacial score (nSPS) is 13.9. The quantitative estimate of drug-likeness (QED) is 0.663. The molecular weight excluding hydrogens is 350 g/mol. The number of anilines is 2. The van der Waals surface area contributed by atoms with Crippen LogP contribution in [0.3, 0.4) is 0 Å². The highest BCUT2D eigenvalue weighted by molar-refractivity contribution is 5.94. The van der Waals surface area contributed by atoms with Crippen LogP contribution in [0, 0.1) is 0 Å². The van der Waals surface area contributed by atoms with Crippen LogP contribution in [0.4, 0.5) is 16.2 Å². The van der Waals surface area contributed by atoms with Crippen molar-refractivity contribution in [3.8, 4) is 0 Å². The molecule has 0 spiro atoms. The number of carbonyl (C=O) groups excluding carboxylic acids is 1. The molecule has 28 heavy (non-hydrogen) atoms. The number of amides is 1. The summed E-state index contributed by atoms with van der Waals surface area (Å²) in [7, 11) is 0. The van der Waals surface area contributed by atoms with Crippen LogP contribution >= 0.6 is 0 Å². The highest BCUT2D eigenvalue weighted by Crippen LogP contribution is 2.29. The van der Waals surface area contributed by atoms with E-state index in [-0.39, 0.29) is 6.09 Å². The van der Waals surface area contributed by atoms with Crippen molar-refractivity contribution in [1.82, 2.24) is 9.88 Å². The maximum Gasteiger partial charge on any atom is 0.410 e. The standard InChI is InChI=1S/C23H25N3O2/c1-23(2,3)28-22(27)26-12-10-16-13-19(8-7-18(16)15-26)25-21-6-4-5-17-14-24-11-9-20(17)21/h4-9,11,13-14,25H,10,12,15H2,1-3H3. The molecule has 0 fully saturated rings. The van der Waals surface area contributed by atoms with E-state index in [1.165, 1.54) is 11.1 Å². The van der Waals surface area contributed by atoms with Gasteiger partial charge in [-0.3, -0.25) is 4.98 Å². The molecule has 1 aliphatic heterocycles. The molecule has 1 N–H and O–H groups in total.